The van der Waals surface area contributed by atoms with Crippen LogP contribution in [0.25, 0.3) is 0 Å². The van der Waals surface area contributed by atoms with Crippen molar-refractivity contribution in [3.63, 3.8) is 0 Å². The van der Waals surface area contributed by atoms with Crippen LogP contribution in [-0.4, -0.2) is 42.9 Å². The fourth-order valence-electron chi connectivity index (χ4n) is 3.92. The van der Waals surface area contributed by atoms with Gasteiger partial charge in [0.15, 0.2) is 0 Å². The van der Waals surface area contributed by atoms with Crippen LogP contribution < -0.4 is 5.32 Å². The molecule has 1 aliphatic heterocycles. The van der Waals surface area contributed by atoms with Gasteiger partial charge in [0.1, 0.15) is 6.20 Å². The van der Waals surface area contributed by atoms with E-state index in [-0.39, 0.29) is 29.9 Å². The van der Waals surface area contributed by atoms with Crippen LogP contribution in [0.5, 0.6) is 0 Å². The van der Waals surface area contributed by atoms with Crippen LogP contribution in [0.3, 0.4) is 0 Å². The second kappa shape index (κ2) is 9.47. The lowest BCUT2D eigenvalue weighted by Crippen LogP contribution is -2.38. The van der Waals surface area contributed by atoms with Crippen molar-refractivity contribution < 1.29 is 19.6 Å². The molecular weight excluding hydrogens is 426 g/mol. The molecule has 2 N–H and O–H groups in total. The van der Waals surface area contributed by atoms with Gasteiger partial charge < -0.3 is 15.2 Å². The summed E-state index contributed by atoms with van der Waals surface area (Å²) < 4.78 is 7.42. The molecule has 0 spiro atoms. The van der Waals surface area contributed by atoms with Crippen LogP contribution in [0.1, 0.15) is 48.0 Å². The molecule has 4 rings (SSSR count). The molecule has 10 heteroatoms. The lowest BCUT2D eigenvalue weighted by molar-refractivity contribution is -0.385. The number of nitrogens with one attached hydrogen (secondary N) is 1. The summed E-state index contributed by atoms with van der Waals surface area (Å²) in [4.78, 5) is 28.0. The number of aromatic nitrogens is 3. The molecule has 1 amide bonds. The first-order chi connectivity index (χ1) is 15.8. The van der Waals surface area contributed by atoms with Crippen LogP contribution in [0, 0.1) is 16.0 Å². The number of hydrogen-bond acceptors (Lipinski definition) is 7. The van der Waals surface area contributed by atoms with Crippen molar-refractivity contribution in [2.24, 2.45) is 5.92 Å². The second-order valence-corrected chi connectivity index (χ2v) is 8.21. The third kappa shape index (κ3) is 4.91. The Morgan fingerprint density at radius 1 is 1.30 bits per heavy atom. The van der Waals surface area contributed by atoms with Gasteiger partial charge in [-0.3, -0.25) is 24.6 Å². The van der Waals surface area contributed by atoms with Crippen molar-refractivity contribution in [3.8, 4) is 0 Å². The maximum atomic E-state index is 13.0. The molecule has 4 unspecified atom stereocenters. The zero-order chi connectivity index (χ0) is 23.5. The molecule has 33 heavy (non-hydrogen) atoms. The maximum Gasteiger partial charge on any atom is 0.320 e. The number of ether oxygens (including phenoxy) is 1. The highest BCUT2D eigenvalue weighted by molar-refractivity contribution is 6.05. The van der Waals surface area contributed by atoms with E-state index in [4.69, 9.17) is 4.74 Å². The van der Waals surface area contributed by atoms with Crippen molar-refractivity contribution in [3.05, 3.63) is 81.9 Å². The number of anilines is 1. The van der Waals surface area contributed by atoms with Gasteiger partial charge in [-0.2, -0.15) is 5.10 Å². The van der Waals surface area contributed by atoms with E-state index in [0.29, 0.717) is 17.7 Å². The molecule has 0 saturated carbocycles. The number of nitro groups is 1. The molecule has 0 aliphatic carbocycles. The summed E-state index contributed by atoms with van der Waals surface area (Å²) in [6.45, 7) is 4.10. The van der Waals surface area contributed by atoms with Crippen LogP contribution in [-0.2, 0) is 11.3 Å². The highest BCUT2D eigenvalue weighted by Crippen LogP contribution is 2.37. The third-order valence-corrected chi connectivity index (χ3v) is 5.97. The predicted octanol–water partition coefficient (Wildman–Crippen LogP) is 3.33. The van der Waals surface area contributed by atoms with Crippen molar-refractivity contribution in [2.75, 3.05) is 5.32 Å². The largest absolute Gasteiger partial charge is 0.393 e. The monoisotopic (exact) mass is 451 g/mol. The number of aliphatic hydroxyl groups is 1. The summed E-state index contributed by atoms with van der Waals surface area (Å²) >= 11 is 0. The van der Waals surface area contributed by atoms with E-state index >= 15 is 0 Å². The Bertz CT molecular complexity index is 1140. The first-order valence-corrected chi connectivity index (χ1v) is 10.7. The Balaban J connectivity index is 1.58. The first-order valence-electron chi connectivity index (χ1n) is 10.7. The quantitative estimate of drug-likeness (QED) is 0.434. The molecule has 3 aromatic rings. The van der Waals surface area contributed by atoms with Crippen molar-refractivity contribution in [1.82, 2.24) is 14.8 Å². The van der Waals surface area contributed by atoms with Crippen LogP contribution >= 0.6 is 0 Å². The van der Waals surface area contributed by atoms with Gasteiger partial charge >= 0.3 is 5.69 Å². The van der Waals surface area contributed by atoms with Crippen molar-refractivity contribution in [2.45, 2.75) is 45.1 Å². The van der Waals surface area contributed by atoms with Crippen molar-refractivity contribution >= 4 is 17.3 Å². The van der Waals surface area contributed by atoms with Gasteiger partial charge in [0, 0.05) is 24.1 Å². The fourth-order valence-corrected chi connectivity index (χ4v) is 3.92. The van der Waals surface area contributed by atoms with Crippen LogP contribution in [0.4, 0.5) is 11.4 Å². The van der Waals surface area contributed by atoms with Gasteiger partial charge in [0.2, 0.25) is 5.69 Å². The molecule has 1 saturated heterocycles. The minimum Gasteiger partial charge on any atom is -0.393 e. The third-order valence-electron chi connectivity index (χ3n) is 5.97. The zero-order valence-electron chi connectivity index (χ0n) is 18.3. The Morgan fingerprint density at radius 3 is 2.76 bits per heavy atom. The number of nitrogens with zero attached hydrogens (tertiary/aromatic N) is 4. The number of aliphatic hydroxyl groups excluding tert-OH is 1. The zero-order valence-corrected chi connectivity index (χ0v) is 18.3. The van der Waals surface area contributed by atoms with E-state index in [9.17, 15) is 20.0 Å². The molecule has 0 bridgehead atoms. The Labute approximate surface area is 190 Å². The van der Waals surface area contributed by atoms with Gasteiger partial charge in [0.25, 0.3) is 5.91 Å². The highest BCUT2D eigenvalue weighted by atomic mass is 16.6. The summed E-state index contributed by atoms with van der Waals surface area (Å²) in [5, 5.41) is 28.8. The molecule has 2 aromatic heterocycles. The van der Waals surface area contributed by atoms with Crippen molar-refractivity contribution in [1.29, 1.82) is 0 Å². The smallest absolute Gasteiger partial charge is 0.320 e. The number of pyridine rings is 1. The van der Waals surface area contributed by atoms with E-state index in [0.717, 1.165) is 5.56 Å². The first kappa shape index (κ1) is 22.6. The Kier molecular flexibility index (Phi) is 6.47. The number of carbonyl (C=O) groups excluding carboxylic acids is 1. The topological polar surface area (TPSA) is 132 Å². The standard InChI is InChI=1S/C23H25N5O5/c1-14-15(2)33-21(10-20(14)29)17-8-9-24-11-18(17)25-23(30)22-19(28(31)32)13-27(26-22)12-16-6-4-3-5-7-16/h3-9,11,13-15,20-21,29H,10,12H2,1-2H3,(H,25,30). The summed E-state index contributed by atoms with van der Waals surface area (Å²) in [7, 11) is 0. The van der Waals surface area contributed by atoms with E-state index < -0.39 is 23.0 Å². The summed E-state index contributed by atoms with van der Waals surface area (Å²) in [6, 6.07) is 11.0. The van der Waals surface area contributed by atoms with E-state index in [2.05, 4.69) is 15.4 Å². The normalized spacial score (nSPS) is 22.6. The minimum absolute atomic E-state index is 0.0163. The van der Waals surface area contributed by atoms with Crippen LogP contribution in [0.15, 0.2) is 55.0 Å². The maximum absolute atomic E-state index is 13.0. The number of hydrogen-bond donors (Lipinski definition) is 2. The number of rotatable bonds is 6. The number of amides is 1. The molecule has 1 aromatic carbocycles. The number of carbonyl (C=O) groups is 1. The number of benzene rings is 1. The van der Waals surface area contributed by atoms with Gasteiger partial charge in [0.05, 0.1) is 41.7 Å². The summed E-state index contributed by atoms with van der Waals surface area (Å²) in [6.07, 6.45) is 3.46. The molecule has 4 atom stereocenters. The molecule has 1 aliphatic rings. The van der Waals surface area contributed by atoms with Crippen LogP contribution in [0.2, 0.25) is 0 Å². The summed E-state index contributed by atoms with van der Waals surface area (Å²) in [5.74, 6) is -0.738. The van der Waals surface area contributed by atoms with E-state index in [1.807, 2.05) is 44.2 Å². The average molecular weight is 451 g/mol. The SMILES string of the molecule is CC1OC(c2ccncc2NC(=O)c2nn(Cc3ccccc3)cc2[N+](=O)[O-])CC(O)C1C. The summed E-state index contributed by atoms with van der Waals surface area (Å²) in [5.41, 5.74) is 1.21. The molecule has 172 valence electrons. The van der Waals surface area contributed by atoms with Gasteiger partial charge in [-0.25, -0.2) is 0 Å². The lowest BCUT2D eigenvalue weighted by atomic mass is 9.88. The lowest BCUT2D eigenvalue weighted by Gasteiger charge is -2.37. The van der Waals surface area contributed by atoms with Gasteiger partial charge in [-0.1, -0.05) is 37.3 Å². The average Bonchev–Trinajstić information content (AvgIpc) is 3.22. The van der Waals surface area contributed by atoms with Gasteiger partial charge in [-0.05, 0) is 18.6 Å². The molecule has 3 heterocycles. The van der Waals surface area contributed by atoms with E-state index in [1.54, 1.807) is 12.3 Å². The molecule has 10 nitrogen and oxygen atoms in total. The minimum atomic E-state index is -0.722. The molecular formula is C23H25N5O5. The van der Waals surface area contributed by atoms with Gasteiger partial charge in [-0.15, -0.1) is 0 Å². The second-order valence-electron chi connectivity index (χ2n) is 8.21. The Morgan fingerprint density at radius 2 is 2.06 bits per heavy atom. The fraction of sp³-hybridized carbons (Fsp3) is 0.348. The molecule has 0 radical (unpaired) electrons. The van der Waals surface area contributed by atoms with E-state index in [1.165, 1.54) is 17.1 Å². The predicted molar refractivity (Wildman–Crippen MR) is 120 cm³/mol. The molecule has 1 fully saturated rings. The highest BCUT2D eigenvalue weighted by Gasteiger charge is 2.34. The Hall–Kier alpha value is -3.63.